The van der Waals surface area contributed by atoms with Gasteiger partial charge >= 0.3 is 5.97 Å². The van der Waals surface area contributed by atoms with Crippen LogP contribution in [0.15, 0.2) is 17.0 Å². The monoisotopic (exact) mass is 231 g/mol. The number of halogens is 1. The second-order valence-electron chi connectivity index (χ2n) is 2.57. The minimum Gasteiger partial charge on any atom is -0.465 e. The second kappa shape index (κ2) is 4.26. The highest BCUT2D eigenvalue weighted by Gasteiger charge is 2.20. The number of rotatable bonds is 2. The Morgan fingerprint density at radius 1 is 1.60 bits per heavy atom. The van der Waals surface area contributed by atoms with E-state index in [0.29, 0.717) is 6.07 Å². The van der Waals surface area contributed by atoms with Gasteiger partial charge in [0.2, 0.25) is 0 Å². The lowest BCUT2D eigenvalue weighted by atomic mass is 10.2. The predicted molar refractivity (Wildman–Crippen MR) is 51.6 cm³/mol. The van der Waals surface area contributed by atoms with Gasteiger partial charge in [-0.1, -0.05) is 0 Å². The maximum Gasteiger partial charge on any atom is 0.340 e. The molecule has 0 aliphatic heterocycles. The third-order valence-corrected chi connectivity index (χ3v) is 2.02. The van der Waals surface area contributed by atoms with Crippen molar-refractivity contribution in [3.8, 4) is 0 Å². The van der Waals surface area contributed by atoms with E-state index in [9.17, 15) is 19.3 Å². The Kier molecular flexibility index (Phi) is 3.25. The highest BCUT2D eigenvalue weighted by atomic mass is 32.1. The Morgan fingerprint density at radius 2 is 2.20 bits per heavy atom. The van der Waals surface area contributed by atoms with Gasteiger partial charge in [0.15, 0.2) is 0 Å². The van der Waals surface area contributed by atoms with Gasteiger partial charge in [0.25, 0.3) is 5.69 Å². The first-order valence-electron chi connectivity index (χ1n) is 3.72. The molecular formula is C8H6FNO4S. The molecule has 80 valence electrons. The van der Waals surface area contributed by atoms with Crippen LogP contribution < -0.4 is 0 Å². The van der Waals surface area contributed by atoms with E-state index in [1.165, 1.54) is 0 Å². The van der Waals surface area contributed by atoms with E-state index in [-0.39, 0.29) is 10.5 Å². The van der Waals surface area contributed by atoms with Gasteiger partial charge in [-0.15, -0.1) is 12.6 Å². The Bertz CT molecular complexity index is 435. The number of thiol groups is 1. The van der Waals surface area contributed by atoms with E-state index in [2.05, 4.69) is 17.4 Å². The molecule has 7 heteroatoms. The lowest BCUT2D eigenvalue weighted by Gasteiger charge is -2.02. The molecule has 0 aliphatic rings. The van der Waals surface area contributed by atoms with Gasteiger partial charge in [0, 0.05) is 0 Å². The molecule has 0 radical (unpaired) electrons. The van der Waals surface area contributed by atoms with E-state index >= 15 is 0 Å². The molecule has 5 nitrogen and oxygen atoms in total. The van der Waals surface area contributed by atoms with Crippen LogP contribution in [0.4, 0.5) is 10.1 Å². The topological polar surface area (TPSA) is 69.4 Å². The van der Waals surface area contributed by atoms with Gasteiger partial charge in [-0.2, -0.15) is 0 Å². The Balaban J connectivity index is 3.31. The van der Waals surface area contributed by atoms with Crippen molar-refractivity contribution in [3.63, 3.8) is 0 Å². The summed E-state index contributed by atoms with van der Waals surface area (Å²) in [5.74, 6) is -1.91. The molecule has 0 fully saturated rings. The van der Waals surface area contributed by atoms with Crippen LogP contribution in [0.25, 0.3) is 0 Å². The molecule has 0 aliphatic carbocycles. The smallest absolute Gasteiger partial charge is 0.340 e. The average molecular weight is 231 g/mol. The molecule has 0 heterocycles. The van der Waals surface area contributed by atoms with Gasteiger partial charge in [0.1, 0.15) is 5.82 Å². The zero-order valence-electron chi connectivity index (χ0n) is 7.56. The predicted octanol–water partition coefficient (Wildman–Crippen LogP) is 1.81. The molecule has 0 bridgehead atoms. The van der Waals surface area contributed by atoms with Crippen molar-refractivity contribution in [2.45, 2.75) is 4.90 Å². The Hall–Kier alpha value is -1.63. The lowest BCUT2D eigenvalue weighted by molar-refractivity contribution is -0.387. The van der Waals surface area contributed by atoms with E-state index in [1.54, 1.807) is 0 Å². The second-order valence-corrected chi connectivity index (χ2v) is 3.05. The highest BCUT2D eigenvalue weighted by Crippen LogP contribution is 2.26. The minimum absolute atomic E-state index is 0.0956. The van der Waals surface area contributed by atoms with Crippen molar-refractivity contribution >= 4 is 24.3 Å². The number of nitro benzene ring substituents is 1. The average Bonchev–Trinajstić information content (AvgIpc) is 2.19. The third-order valence-electron chi connectivity index (χ3n) is 1.67. The van der Waals surface area contributed by atoms with E-state index < -0.39 is 22.4 Å². The van der Waals surface area contributed by atoms with Gasteiger partial charge in [0.05, 0.1) is 28.6 Å². The fourth-order valence-electron chi connectivity index (χ4n) is 0.964. The number of nitro groups is 1. The maximum absolute atomic E-state index is 13.2. The summed E-state index contributed by atoms with van der Waals surface area (Å²) in [6.07, 6.45) is 0. The molecular weight excluding hydrogens is 225 g/mol. The summed E-state index contributed by atoms with van der Waals surface area (Å²) in [4.78, 5) is 20.5. The number of hydrogen-bond acceptors (Lipinski definition) is 5. The van der Waals surface area contributed by atoms with Crippen LogP contribution in [0.1, 0.15) is 10.4 Å². The Morgan fingerprint density at radius 3 is 2.67 bits per heavy atom. The summed E-state index contributed by atoms with van der Waals surface area (Å²) in [5.41, 5.74) is -0.878. The van der Waals surface area contributed by atoms with Gasteiger partial charge in [-0.05, 0) is 6.07 Å². The minimum atomic E-state index is -1.01. The SMILES string of the molecule is COC(=O)c1cc(S)c([N+](=O)[O-])cc1F. The number of carbonyl (C=O) groups excluding carboxylic acids is 1. The zero-order chi connectivity index (χ0) is 11.6. The fourth-order valence-corrected chi connectivity index (χ4v) is 1.24. The van der Waals surface area contributed by atoms with Crippen molar-refractivity contribution in [3.05, 3.63) is 33.6 Å². The van der Waals surface area contributed by atoms with Gasteiger partial charge < -0.3 is 4.74 Å². The number of methoxy groups -OCH3 is 1. The van der Waals surface area contributed by atoms with Crippen LogP contribution in [0.5, 0.6) is 0 Å². The Labute approximate surface area is 89.4 Å². The summed E-state index contributed by atoms with van der Waals surface area (Å²) >= 11 is 3.77. The lowest BCUT2D eigenvalue weighted by Crippen LogP contribution is -2.05. The standard InChI is InChI=1S/C8H6FNO4S/c1-14-8(11)4-2-7(15)6(10(12)13)3-5(4)9/h2-3,15H,1H3. The molecule has 1 aromatic carbocycles. The van der Waals surface area contributed by atoms with Crippen LogP contribution >= 0.6 is 12.6 Å². The van der Waals surface area contributed by atoms with Crippen LogP contribution in [0.2, 0.25) is 0 Å². The van der Waals surface area contributed by atoms with E-state index in [4.69, 9.17) is 0 Å². The zero-order valence-corrected chi connectivity index (χ0v) is 8.45. The number of hydrogen-bond donors (Lipinski definition) is 1. The van der Waals surface area contributed by atoms with Crippen molar-refractivity contribution in [2.75, 3.05) is 7.11 Å². The highest BCUT2D eigenvalue weighted by molar-refractivity contribution is 7.80. The number of ether oxygens (including phenoxy) is 1. The largest absolute Gasteiger partial charge is 0.465 e. The molecule has 1 aromatic rings. The fraction of sp³-hybridized carbons (Fsp3) is 0.125. The van der Waals surface area contributed by atoms with Gasteiger partial charge in [-0.3, -0.25) is 10.1 Å². The molecule has 0 unspecified atom stereocenters. The first-order chi connectivity index (χ1) is 6.97. The molecule has 1 rings (SSSR count). The van der Waals surface area contributed by atoms with Crippen LogP contribution in [-0.2, 0) is 4.74 Å². The molecule has 0 amide bonds. The van der Waals surface area contributed by atoms with Crippen LogP contribution in [0, 0.1) is 15.9 Å². The summed E-state index contributed by atoms with van der Waals surface area (Å²) < 4.78 is 17.5. The normalized spacial score (nSPS) is 9.80. The first kappa shape index (κ1) is 11.4. The molecule has 0 saturated carbocycles. The number of carbonyl (C=O) groups is 1. The van der Waals surface area contributed by atoms with Crippen molar-refractivity contribution < 1.29 is 18.8 Å². The van der Waals surface area contributed by atoms with Crippen LogP contribution in [-0.4, -0.2) is 18.0 Å². The number of esters is 1. The van der Waals surface area contributed by atoms with Crippen molar-refractivity contribution in [1.29, 1.82) is 0 Å². The summed E-state index contributed by atoms with van der Waals surface area (Å²) in [6.45, 7) is 0. The summed E-state index contributed by atoms with van der Waals surface area (Å²) in [5, 5.41) is 10.4. The molecule has 0 N–H and O–H groups in total. The van der Waals surface area contributed by atoms with Crippen LogP contribution in [0.3, 0.4) is 0 Å². The quantitative estimate of drug-likeness (QED) is 0.364. The summed E-state index contributed by atoms with van der Waals surface area (Å²) in [6, 6.07) is 1.59. The molecule has 0 spiro atoms. The van der Waals surface area contributed by atoms with E-state index in [1.807, 2.05) is 0 Å². The third kappa shape index (κ3) is 2.24. The summed E-state index contributed by atoms with van der Waals surface area (Å²) in [7, 11) is 1.08. The van der Waals surface area contributed by atoms with E-state index in [0.717, 1.165) is 13.2 Å². The molecule has 0 aromatic heterocycles. The number of nitrogens with zero attached hydrogens (tertiary/aromatic N) is 1. The van der Waals surface area contributed by atoms with Crippen molar-refractivity contribution in [1.82, 2.24) is 0 Å². The maximum atomic E-state index is 13.2. The molecule has 0 saturated heterocycles. The first-order valence-corrected chi connectivity index (χ1v) is 4.17. The molecule has 0 atom stereocenters. The van der Waals surface area contributed by atoms with Crippen molar-refractivity contribution in [2.24, 2.45) is 0 Å². The molecule has 15 heavy (non-hydrogen) atoms. The number of benzene rings is 1. The van der Waals surface area contributed by atoms with Gasteiger partial charge in [-0.25, -0.2) is 9.18 Å².